The van der Waals surface area contributed by atoms with E-state index in [9.17, 15) is 28.8 Å². The van der Waals surface area contributed by atoms with Gasteiger partial charge in [0.05, 0.1) is 0 Å². The summed E-state index contributed by atoms with van der Waals surface area (Å²) in [5.74, 6) is -3.50. The highest BCUT2D eigenvalue weighted by molar-refractivity contribution is 5.87. The summed E-state index contributed by atoms with van der Waals surface area (Å²) >= 11 is 0. The lowest BCUT2D eigenvalue weighted by molar-refractivity contribution is -0.146. The molecule has 0 aromatic carbocycles. The molecule has 0 atom stereocenters. The quantitative estimate of drug-likeness (QED) is 0.0253. The second-order valence-corrected chi connectivity index (χ2v) is 23.1. The fraction of sp³-hybridized carbons (Fsp3) is 0.844. The van der Waals surface area contributed by atoms with Crippen molar-refractivity contribution < 1.29 is 44.1 Å². The molecular formula is C64H121N3O9. The molecule has 3 amide bonds. The molecule has 0 aromatic rings. The van der Waals surface area contributed by atoms with Crippen LogP contribution < -0.4 is 16.0 Å². The molecule has 0 bridgehead atoms. The molecule has 0 rings (SSSR count). The molecule has 0 aromatic heterocycles. The largest absolute Gasteiger partial charge is 0.480 e. The molecule has 0 saturated carbocycles. The molecule has 0 aliphatic rings. The van der Waals surface area contributed by atoms with E-state index >= 15 is 0 Å². The molecule has 0 heterocycles. The van der Waals surface area contributed by atoms with E-state index in [1.54, 1.807) is 0 Å². The fourth-order valence-electron chi connectivity index (χ4n) is 8.45. The van der Waals surface area contributed by atoms with E-state index in [0.29, 0.717) is 19.3 Å². The molecule has 0 radical (unpaired) electrons. The third-order valence-electron chi connectivity index (χ3n) is 13.8. The molecule has 6 N–H and O–H groups in total. The van der Waals surface area contributed by atoms with E-state index in [-0.39, 0.29) is 17.7 Å². The van der Waals surface area contributed by atoms with Gasteiger partial charge in [0.1, 0.15) is 16.6 Å². The highest BCUT2D eigenvalue weighted by Gasteiger charge is 2.30. The van der Waals surface area contributed by atoms with Gasteiger partial charge in [-0.3, -0.25) is 14.4 Å². The molecule has 76 heavy (non-hydrogen) atoms. The van der Waals surface area contributed by atoms with Crippen LogP contribution in [0.3, 0.4) is 0 Å². The van der Waals surface area contributed by atoms with Crippen molar-refractivity contribution in [2.45, 2.75) is 349 Å². The Bertz CT molecular complexity index is 1490. The summed E-state index contributed by atoms with van der Waals surface area (Å²) in [5, 5.41) is 34.6. The Morgan fingerprint density at radius 2 is 0.474 bits per heavy atom. The molecule has 0 spiro atoms. The first-order valence-electron chi connectivity index (χ1n) is 31.1. The maximum absolute atomic E-state index is 11.7. The van der Waals surface area contributed by atoms with Crippen molar-refractivity contribution in [1.82, 2.24) is 16.0 Å². The van der Waals surface area contributed by atoms with Gasteiger partial charge in [0.25, 0.3) is 0 Å². The number of unbranched alkanes of at least 4 members (excludes halogenated alkanes) is 34. The summed E-state index contributed by atoms with van der Waals surface area (Å²) in [5.41, 5.74) is -3.53. The van der Waals surface area contributed by atoms with Crippen molar-refractivity contribution in [3.05, 3.63) is 24.3 Å². The van der Waals surface area contributed by atoms with Crippen molar-refractivity contribution in [2.24, 2.45) is 0 Å². The number of carboxylic acids is 3. The Morgan fingerprint density at radius 3 is 0.697 bits per heavy atom. The average Bonchev–Trinajstić information content (AvgIpc) is 3.35. The van der Waals surface area contributed by atoms with Crippen molar-refractivity contribution in [1.29, 1.82) is 0 Å². The third kappa shape index (κ3) is 55.1. The van der Waals surface area contributed by atoms with E-state index in [4.69, 9.17) is 15.3 Å². The standard InChI is InChI=1S/C22H43NO3.C22H39NO3.C20H39NO3/c2*1-4-5-6-7-8-9-10-11-12-13-14-15-16-17-18-19-20(24)23-22(2,3)21(25)26;1-4-5-6-7-8-9-10-11-12-13-14-15-16-17-18(22)21-20(2,3)19(23)24/h4-19H2,1-3H3,(H,23,24)(H,25,26);8-9,11-12H,4-7,10,13-19H2,1-3H3,(H,23,24)(H,25,26);4-17H2,1-3H3,(H,21,22)(H,23,24)/b;9-8-,12-11-;. The van der Waals surface area contributed by atoms with Crippen LogP contribution in [-0.4, -0.2) is 67.6 Å². The topological polar surface area (TPSA) is 199 Å². The van der Waals surface area contributed by atoms with Crippen LogP contribution >= 0.6 is 0 Å². The Morgan fingerprint density at radius 1 is 0.289 bits per heavy atom. The normalized spacial score (nSPS) is 11.7. The van der Waals surface area contributed by atoms with Gasteiger partial charge in [-0.05, 0) is 92.9 Å². The fourth-order valence-corrected chi connectivity index (χ4v) is 8.45. The zero-order chi connectivity index (χ0) is 57.6. The monoisotopic (exact) mass is 1080 g/mol. The van der Waals surface area contributed by atoms with E-state index in [0.717, 1.165) is 57.8 Å². The van der Waals surface area contributed by atoms with Gasteiger partial charge in [-0.1, -0.05) is 244 Å². The highest BCUT2D eigenvalue weighted by atomic mass is 16.4. The maximum atomic E-state index is 11.7. The number of amides is 3. The van der Waals surface area contributed by atoms with Crippen LogP contribution in [-0.2, 0) is 28.8 Å². The van der Waals surface area contributed by atoms with Gasteiger partial charge < -0.3 is 31.3 Å². The molecule has 12 nitrogen and oxygen atoms in total. The van der Waals surface area contributed by atoms with Gasteiger partial charge in [0.2, 0.25) is 17.7 Å². The summed E-state index contributed by atoms with van der Waals surface area (Å²) in [6.45, 7) is 15.8. The van der Waals surface area contributed by atoms with E-state index in [2.05, 4.69) is 61.0 Å². The summed E-state index contributed by atoms with van der Waals surface area (Å²) < 4.78 is 0. The number of nitrogens with one attached hydrogen (secondary N) is 3. The zero-order valence-corrected chi connectivity index (χ0v) is 50.8. The van der Waals surface area contributed by atoms with Gasteiger partial charge in [-0.25, -0.2) is 14.4 Å². The predicted octanol–water partition coefficient (Wildman–Crippen LogP) is 17.5. The van der Waals surface area contributed by atoms with Gasteiger partial charge in [-0.2, -0.15) is 0 Å². The number of carboxylic acid groups (broad SMARTS) is 3. The van der Waals surface area contributed by atoms with Gasteiger partial charge >= 0.3 is 17.9 Å². The van der Waals surface area contributed by atoms with Gasteiger partial charge in [-0.15, -0.1) is 0 Å². The first-order valence-corrected chi connectivity index (χ1v) is 31.1. The van der Waals surface area contributed by atoms with Crippen LogP contribution in [0.4, 0.5) is 0 Å². The van der Waals surface area contributed by atoms with Crippen LogP contribution in [0.2, 0.25) is 0 Å². The van der Waals surface area contributed by atoms with Crippen LogP contribution in [0.5, 0.6) is 0 Å². The molecule has 12 heteroatoms. The molecular weight excluding hydrogens is 955 g/mol. The number of carbonyl (C=O) groups excluding carboxylic acids is 3. The van der Waals surface area contributed by atoms with Crippen molar-refractivity contribution in [3.8, 4) is 0 Å². The smallest absolute Gasteiger partial charge is 0.328 e. The van der Waals surface area contributed by atoms with Gasteiger partial charge in [0, 0.05) is 19.3 Å². The average molecular weight is 1080 g/mol. The molecule has 0 saturated heterocycles. The first-order chi connectivity index (χ1) is 36.2. The molecule has 0 aliphatic carbocycles. The Kier molecular flexibility index (Phi) is 53.7. The van der Waals surface area contributed by atoms with Crippen LogP contribution in [0.1, 0.15) is 332 Å². The molecule has 0 unspecified atom stereocenters. The maximum Gasteiger partial charge on any atom is 0.328 e. The summed E-state index contributed by atoms with van der Waals surface area (Å²) in [6, 6.07) is 0. The van der Waals surface area contributed by atoms with Crippen molar-refractivity contribution in [3.63, 3.8) is 0 Å². The first kappa shape index (κ1) is 76.5. The van der Waals surface area contributed by atoms with E-state index in [1.165, 1.54) is 234 Å². The number of hydrogen-bond acceptors (Lipinski definition) is 6. The second kappa shape index (κ2) is 53.3. The minimum absolute atomic E-state index is 0.160. The number of hydrogen-bond donors (Lipinski definition) is 6. The summed E-state index contributed by atoms with van der Waals surface area (Å²) in [4.78, 5) is 68.0. The van der Waals surface area contributed by atoms with Crippen molar-refractivity contribution in [2.75, 3.05) is 0 Å². The Hall–Kier alpha value is -3.70. The summed E-state index contributed by atoms with van der Waals surface area (Å²) in [7, 11) is 0. The number of aliphatic carboxylic acids is 3. The third-order valence-corrected chi connectivity index (χ3v) is 13.8. The molecule has 0 aliphatic heterocycles. The lowest BCUT2D eigenvalue weighted by Crippen LogP contribution is -2.49. The van der Waals surface area contributed by atoms with Crippen LogP contribution in [0, 0.1) is 0 Å². The minimum atomic E-state index is -1.19. The number of rotatable bonds is 50. The number of carbonyl (C=O) groups is 6. The van der Waals surface area contributed by atoms with Crippen LogP contribution in [0.15, 0.2) is 24.3 Å². The zero-order valence-electron chi connectivity index (χ0n) is 50.8. The second-order valence-electron chi connectivity index (χ2n) is 23.1. The SMILES string of the molecule is CCCCC/C=C\C/C=C\CCCCCCCC(=O)NC(C)(C)C(=O)O.CCCCCCCCCCCCCCCC(=O)NC(C)(C)C(=O)O.CCCCCCCCCCCCCCCCCC(=O)NC(C)(C)C(=O)O. The molecule has 0 fully saturated rings. The van der Waals surface area contributed by atoms with E-state index in [1.807, 2.05) is 0 Å². The number of allylic oxidation sites excluding steroid dienone is 4. The highest BCUT2D eigenvalue weighted by Crippen LogP contribution is 2.16. The van der Waals surface area contributed by atoms with Crippen LogP contribution in [0.25, 0.3) is 0 Å². The van der Waals surface area contributed by atoms with E-state index < -0.39 is 34.5 Å². The van der Waals surface area contributed by atoms with Gasteiger partial charge in [0.15, 0.2) is 0 Å². The van der Waals surface area contributed by atoms with Crippen molar-refractivity contribution >= 4 is 35.6 Å². The predicted molar refractivity (Wildman–Crippen MR) is 319 cm³/mol. The minimum Gasteiger partial charge on any atom is -0.480 e. The Balaban J connectivity index is -0.00000105. The molecule has 446 valence electrons. The summed E-state index contributed by atoms with van der Waals surface area (Å²) in [6.07, 6.45) is 58.9. The Labute approximate surface area is 466 Å². The lowest BCUT2D eigenvalue weighted by atomic mass is 10.0. The lowest BCUT2D eigenvalue weighted by Gasteiger charge is -2.20.